The van der Waals surface area contributed by atoms with E-state index in [4.69, 9.17) is 4.74 Å². The molecule has 1 fully saturated rings. The zero-order valence-corrected chi connectivity index (χ0v) is 9.35. The molecule has 1 aliphatic rings. The van der Waals surface area contributed by atoms with Crippen LogP contribution in [0.15, 0.2) is 0 Å². The van der Waals surface area contributed by atoms with E-state index in [0.29, 0.717) is 6.10 Å². The molecule has 1 atom stereocenters. The van der Waals surface area contributed by atoms with E-state index in [1.807, 2.05) is 13.8 Å². The molecular weight excluding hydrogens is 150 g/mol. The molecule has 0 aliphatic carbocycles. The van der Waals surface area contributed by atoms with Gasteiger partial charge in [-0.3, -0.25) is 0 Å². The van der Waals surface area contributed by atoms with Gasteiger partial charge < -0.3 is 9.64 Å². The van der Waals surface area contributed by atoms with Crippen LogP contribution in [0.4, 0.5) is 0 Å². The molecule has 0 saturated carbocycles. The van der Waals surface area contributed by atoms with Crippen molar-refractivity contribution in [1.29, 1.82) is 0 Å². The third kappa shape index (κ3) is 4.07. The molecule has 1 saturated heterocycles. The first kappa shape index (κ1) is 11.9. The third-order valence-corrected chi connectivity index (χ3v) is 1.74. The molecule has 0 amide bonds. The Morgan fingerprint density at radius 2 is 1.83 bits per heavy atom. The largest absolute Gasteiger partial charge is 0.370 e. The molecule has 12 heavy (non-hydrogen) atoms. The van der Waals surface area contributed by atoms with Crippen molar-refractivity contribution in [3.8, 4) is 0 Å². The van der Waals surface area contributed by atoms with E-state index in [-0.39, 0.29) is 5.60 Å². The highest BCUT2D eigenvalue weighted by molar-refractivity contribution is 4.80. The van der Waals surface area contributed by atoms with Crippen LogP contribution in [0.5, 0.6) is 0 Å². The van der Waals surface area contributed by atoms with Crippen LogP contribution in [0.1, 0.15) is 34.6 Å². The normalized spacial score (nSPS) is 29.0. The van der Waals surface area contributed by atoms with E-state index in [9.17, 15) is 0 Å². The van der Waals surface area contributed by atoms with Gasteiger partial charge in [-0.2, -0.15) is 0 Å². The summed E-state index contributed by atoms with van der Waals surface area (Å²) < 4.78 is 5.70. The summed E-state index contributed by atoms with van der Waals surface area (Å²) in [5.74, 6) is 0. The molecule has 0 bridgehead atoms. The molecule has 1 unspecified atom stereocenters. The van der Waals surface area contributed by atoms with Gasteiger partial charge in [-0.05, 0) is 27.8 Å². The van der Waals surface area contributed by atoms with Crippen LogP contribution in [-0.2, 0) is 4.74 Å². The lowest BCUT2D eigenvalue weighted by molar-refractivity contribution is -0.122. The van der Waals surface area contributed by atoms with Crippen LogP contribution in [0, 0.1) is 0 Å². The second-order valence-electron chi connectivity index (χ2n) is 3.88. The number of ether oxygens (including phenoxy) is 1. The van der Waals surface area contributed by atoms with Crippen LogP contribution in [0.3, 0.4) is 0 Å². The highest BCUT2D eigenvalue weighted by atomic mass is 16.5. The van der Waals surface area contributed by atoms with E-state index in [1.165, 1.54) is 0 Å². The van der Waals surface area contributed by atoms with Crippen LogP contribution < -0.4 is 0 Å². The first-order valence-electron chi connectivity index (χ1n) is 4.86. The maximum Gasteiger partial charge on any atom is 0.0757 e. The molecule has 0 N–H and O–H groups in total. The van der Waals surface area contributed by atoms with Crippen molar-refractivity contribution in [2.75, 3.05) is 20.1 Å². The summed E-state index contributed by atoms with van der Waals surface area (Å²) in [6, 6.07) is 0. The SMILES string of the molecule is CC.CC1CN(C)CC(C)(C)O1. The maximum atomic E-state index is 5.70. The Labute approximate surface area is 76.9 Å². The van der Waals surface area contributed by atoms with Crippen molar-refractivity contribution < 1.29 is 4.74 Å². The summed E-state index contributed by atoms with van der Waals surface area (Å²) in [7, 11) is 2.14. The van der Waals surface area contributed by atoms with E-state index < -0.39 is 0 Å². The van der Waals surface area contributed by atoms with Gasteiger partial charge in [0.2, 0.25) is 0 Å². The topological polar surface area (TPSA) is 12.5 Å². The smallest absolute Gasteiger partial charge is 0.0757 e. The van der Waals surface area contributed by atoms with Gasteiger partial charge in [0, 0.05) is 13.1 Å². The minimum atomic E-state index is 0.0480. The molecule has 1 rings (SSSR count). The Bertz CT molecular complexity index is 111. The molecule has 1 aliphatic heterocycles. The zero-order valence-electron chi connectivity index (χ0n) is 9.35. The van der Waals surface area contributed by atoms with Crippen molar-refractivity contribution in [1.82, 2.24) is 4.90 Å². The lowest BCUT2D eigenvalue weighted by atomic mass is 10.1. The van der Waals surface area contributed by atoms with Gasteiger partial charge in [-0.1, -0.05) is 13.8 Å². The molecule has 1 heterocycles. The van der Waals surface area contributed by atoms with Crippen molar-refractivity contribution in [2.24, 2.45) is 0 Å². The lowest BCUT2D eigenvalue weighted by Crippen LogP contribution is -2.50. The molecule has 0 spiro atoms. The highest BCUT2D eigenvalue weighted by Crippen LogP contribution is 2.18. The quantitative estimate of drug-likeness (QED) is 0.556. The second kappa shape index (κ2) is 4.83. The summed E-state index contributed by atoms with van der Waals surface area (Å²) in [6.45, 7) is 12.5. The van der Waals surface area contributed by atoms with Crippen LogP contribution in [-0.4, -0.2) is 36.7 Å². The van der Waals surface area contributed by atoms with Gasteiger partial charge in [-0.15, -0.1) is 0 Å². The predicted molar refractivity (Wildman–Crippen MR) is 53.5 cm³/mol. The predicted octanol–water partition coefficient (Wildman–Crippen LogP) is 2.14. The van der Waals surface area contributed by atoms with E-state index >= 15 is 0 Å². The summed E-state index contributed by atoms with van der Waals surface area (Å²) in [6.07, 6.45) is 0.383. The maximum absolute atomic E-state index is 5.70. The van der Waals surface area contributed by atoms with E-state index in [2.05, 4.69) is 32.7 Å². The van der Waals surface area contributed by atoms with Gasteiger partial charge in [0.15, 0.2) is 0 Å². The van der Waals surface area contributed by atoms with Gasteiger partial charge in [0.05, 0.1) is 11.7 Å². The standard InChI is InChI=1S/C8H17NO.C2H6/c1-7-5-9(4)6-8(2,3)10-7;1-2/h7H,5-6H2,1-4H3;1-2H3. The molecule has 2 heteroatoms. The number of likely N-dealkylation sites (N-methyl/N-ethyl adjacent to an activating group) is 1. The molecule has 2 nitrogen and oxygen atoms in total. The first-order valence-corrected chi connectivity index (χ1v) is 4.86. The lowest BCUT2D eigenvalue weighted by Gasteiger charge is -2.39. The fraction of sp³-hybridized carbons (Fsp3) is 1.00. The average molecular weight is 173 g/mol. The molecule has 0 radical (unpaired) electrons. The van der Waals surface area contributed by atoms with Gasteiger partial charge in [0.25, 0.3) is 0 Å². The summed E-state index contributed by atoms with van der Waals surface area (Å²) in [5, 5.41) is 0. The molecule has 0 aromatic rings. The Morgan fingerprint density at radius 3 is 2.17 bits per heavy atom. The number of hydrogen-bond donors (Lipinski definition) is 0. The molecule has 74 valence electrons. The van der Waals surface area contributed by atoms with Crippen molar-refractivity contribution in [3.05, 3.63) is 0 Å². The van der Waals surface area contributed by atoms with Crippen LogP contribution in [0.25, 0.3) is 0 Å². The Hall–Kier alpha value is -0.0800. The highest BCUT2D eigenvalue weighted by Gasteiger charge is 2.28. The fourth-order valence-corrected chi connectivity index (χ4v) is 1.77. The molecule has 0 aromatic heterocycles. The number of hydrogen-bond acceptors (Lipinski definition) is 2. The number of nitrogens with zero attached hydrogens (tertiary/aromatic N) is 1. The van der Waals surface area contributed by atoms with Gasteiger partial charge in [-0.25, -0.2) is 0 Å². The number of rotatable bonds is 0. The number of morpholine rings is 1. The fourth-order valence-electron chi connectivity index (χ4n) is 1.77. The summed E-state index contributed by atoms with van der Waals surface area (Å²) in [5.41, 5.74) is 0.0480. The van der Waals surface area contributed by atoms with Gasteiger partial charge >= 0.3 is 0 Å². The molecule has 0 aromatic carbocycles. The molecular formula is C10H23NO. The van der Waals surface area contributed by atoms with Crippen LogP contribution >= 0.6 is 0 Å². The van der Waals surface area contributed by atoms with Gasteiger partial charge in [0.1, 0.15) is 0 Å². The summed E-state index contributed by atoms with van der Waals surface area (Å²) in [4.78, 5) is 2.31. The van der Waals surface area contributed by atoms with Crippen molar-refractivity contribution in [2.45, 2.75) is 46.3 Å². The van der Waals surface area contributed by atoms with Crippen molar-refractivity contribution in [3.63, 3.8) is 0 Å². The zero-order chi connectivity index (χ0) is 9.78. The Balaban J connectivity index is 0.000000561. The Morgan fingerprint density at radius 1 is 1.33 bits per heavy atom. The van der Waals surface area contributed by atoms with E-state index in [0.717, 1.165) is 13.1 Å². The monoisotopic (exact) mass is 173 g/mol. The van der Waals surface area contributed by atoms with Crippen molar-refractivity contribution >= 4 is 0 Å². The van der Waals surface area contributed by atoms with Crippen LogP contribution in [0.2, 0.25) is 0 Å². The minimum Gasteiger partial charge on any atom is -0.370 e. The third-order valence-electron chi connectivity index (χ3n) is 1.74. The first-order chi connectivity index (χ1) is 5.49. The average Bonchev–Trinajstić information content (AvgIpc) is 1.85. The minimum absolute atomic E-state index is 0.0480. The second-order valence-corrected chi connectivity index (χ2v) is 3.88. The summed E-state index contributed by atoms with van der Waals surface area (Å²) >= 11 is 0. The van der Waals surface area contributed by atoms with E-state index in [1.54, 1.807) is 0 Å². The Kier molecular flexibility index (Phi) is 4.80.